The van der Waals surface area contributed by atoms with Crippen molar-refractivity contribution in [3.05, 3.63) is 65.5 Å². The lowest BCUT2D eigenvalue weighted by Crippen LogP contribution is -2.08. The van der Waals surface area contributed by atoms with Crippen LogP contribution in [0.4, 0.5) is 4.39 Å². The van der Waals surface area contributed by atoms with Crippen molar-refractivity contribution >= 4 is 5.97 Å². The van der Waals surface area contributed by atoms with Gasteiger partial charge in [-0.25, -0.2) is 4.39 Å². The smallest absolute Gasteiger partial charge is 0.310 e. The summed E-state index contributed by atoms with van der Waals surface area (Å²) in [5.41, 5.74) is 1.19. The second-order valence-electron chi connectivity index (χ2n) is 4.28. The molecule has 0 aromatic heterocycles. The molecule has 2 aromatic rings. The molecular weight excluding hydrogens is 259 g/mol. The second kappa shape index (κ2) is 6.70. The number of hydrogen-bond acceptors (Lipinski definition) is 3. The molecule has 104 valence electrons. The summed E-state index contributed by atoms with van der Waals surface area (Å²) < 4.78 is 23.4. The van der Waals surface area contributed by atoms with Gasteiger partial charge in [-0.1, -0.05) is 30.3 Å². The van der Waals surface area contributed by atoms with Crippen LogP contribution in [0.5, 0.6) is 5.75 Å². The van der Waals surface area contributed by atoms with E-state index < -0.39 is 5.97 Å². The van der Waals surface area contributed by atoms with Crippen LogP contribution in [0.15, 0.2) is 48.5 Å². The Kier molecular flexibility index (Phi) is 4.71. The summed E-state index contributed by atoms with van der Waals surface area (Å²) in [6.07, 6.45) is 0.151. The molecule has 20 heavy (non-hydrogen) atoms. The third kappa shape index (κ3) is 3.82. The maximum absolute atomic E-state index is 13.3. The number of ether oxygens (including phenoxy) is 2. The molecule has 4 heteroatoms. The minimum Gasteiger partial charge on any atom is -0.497 e. The topological polar surface area (TPSA) is 35.5 Å². The lowest BCUT2D eigenvalue weighted by atomic mass is 10.1. The molecule has 0 aliphatic carbocycles. The number of benzene rings is 2. The highest BCUT2D eigenvalue weighted by Gasteiger charge is 2.07. The normalized spacial score (nSPS) is 10.1. The fourth-order valence-electron chi connectivity index (χ4n) is 1.73. The summed E-state index contributed by atoms with van der Waals surface area (Å²) >= 11 is 0. The fourth-order valence-corrected chi connectivity index (χ4v) is 1.73. The van der Waals surface area contributed by atoms with Gasteiger partial charge in [-0.2, -0.15) is 0 Å². The van der Waals surface area contributed by atoms with Gasteiger partial charge in [0, 0.05) is 5.56 Å². The van der Waals surface area contributed by atoms with Gasteiger partial charge in [0.15, 0.2) is 0 Å². The Morgan fingerprint density at radius 1 is 1.10 bits per heavy atom. The zero-order valence-corrected chi connectivity index (χ0v) is 11.1. The van der Waals surface area contributed by atoms with Crippen LogP contribution in [-0.4, -0.2) is 13.1 Å². The first-order valence-corrected chi connectivity index (χ1v) is 6.21. The monoisotopic (exact) mass is 274 g/mol. The van der Waals surface area contributed by atoms with Crippen molar-refractivity contribution in [2.45, 2.75) is 13.0 Å². The van der Waals surface area contributed by atoms with Crippen LogP contribution in [0.25, 0.3) is 0 Å². The summed E-state index contributed by atoms with van der Waals surface area (Å²) in [4.78, 5) is 11.7. The lowest BCUT2D eigenvalue weighted by Gasteiger charge is -2.06. The highest BCUT2D eigenvalue weighted by molar-refractivity contribution is 5.72. The molecule has 2 rings (SSSR count). The zero-order chi connectivity index (χ0) is 14.4. The quantitative estimate of drug-likeness (QED) is 0.786. The molecule has 0 fully saturated rings. The molecule has 0 atom stereocenters. The third-order valence-corrected chi connectivity index (χ3v) is 2.85. The molecule has 0 spiro atoms. The van der Waals surface area contributed by atoms with Crippen molar-refractivity contribution in [1.29, 1.82) is 0 Å². The molecule has 0 bridgehead atoms. The number of hydrogen-bond donors (Lipinski definition) is 0. The largest absolute Gasteiger partial charge is 0.497 e. The van der Waals surface area contributed by atoms with Crippen molar-refractivity contribution in [3.8, 4) is 5.75 Å². The summed E-state index contributed by atoms with van der Waals surface area (Å²) in [5, 5.41) is 0. The number of esters is 1. The van der Waals surface area contributed by atoms with Crippen LogP contribution >= 0.6 is 0 Å². The lowest BCUT2D eigenvalue weighted by molar-refractivity contribution is -0.144. The molecule has 0 heterocycles. The third-order valence-electron chi connectivity index (χ3n) is 2.85. The predicted octanol–water partition coefficient (Wildman–Crippen LogP) is 3.12. The Balaban J connectivity index is 1.87. The molecule has 0 unspecified atom stereocenters. The van der Waals surface area contributed by atoms with E-state index in [9.17, 15) is 9.18 Å². The Morgan fingerprint density at radius 2 is 1.80 bits per heavy atom. The van der Waals surface area contributed by atoms with E-state index in [2.05, 4.69) is 0 Å². The Hall–Kier alpha value is -2.36. The first-order valence-electron chi connectivity index (χ1n) is 6.21. The van der Waals surface area contributed by atoms with E-state index in [-0.39, 0.29) is 18.8 Å². The molecule has 0 amide bonds. The van der Waals surface area contributed by atoms with Gasteiger partial charge in [0.2, 0.25) is 0 Å². The van der Waals surface area contributed by atoms with E-state index in [1.165, 1.54) is 6.07 Å². The van der Waals surface area contributed by atoms with E-state index in [0.717, 1.165) is 11.3 Å². The number of halogens is 1. The average molecular weight is 274 g/mol. The van der Waals surface area contributed by atoms with Crippen LogP contribution in [0.2, 0.25) is 0 Å². The molecule has 0 radical (unpaired) electrons. The Bertz CT molecular complexity index is 579. The van der Waals surface area contributed by atoms with Gasteiger partial charge in [-0.05, 0) is 23.8 Å². The van der Waals surface area contributed by atoms with Crippen LogP contribution in [0.1, 0.15) is 11.1 Å². The van der Waals surface area contributed by atoms with Crippen molar-refractivity contribution in [2.24, 2.45) is 0 Å². The number of carbonyl (C=O) groups excluding carboxylic acids is 1. The van der Waals surface area contributed by atoms with Crippen molar-refractivity contribution in [3.63, 3.8) is 0 Å². The van der Waals surface area contributed by atoms with E-state index in [4.69, 9.17) is 9.47 Å². The minimum absolute atomic E-state index is 0.0539. The number of rotatable bonds is 5. The zero-order valence-electron chi connectivity index (χ0n) is 11.1. The maximum Gasteiger partial charge on any atom is 0.310 e. The van der Waals surface area contributed by atoms with Gasteiger partial charge in [0.05, 0.1) is 13.5 Å². The highest BCUT2D eigenvalue weighted by Crippen LogP contribution is 2.13. The van der Waals surface area contributed by atoms with Crippen molar-refractivity contribution in [1.82, 2.24) is 0 Å². The Labute approximate surface area is 117 Å². The van der Waals surface area contributed by atoms with E-state index in [1.807, 2.05) is 0 Å². The Morgan fingerprint density at radius 3 is 2.45 bits per heavy atom. The van der Waals surface area contributed by atoms with E-state index in [0.29, 0.717) is 5.56 Å². The first kappa shape index (κ1) is 14.1. The minimum atomic E-state index is -0.390. The summed E-state index contributed by atoms with van der Waals surface area (Å²) in [6, 6.07) is 13.4. The van der Waals surface area contributed by atoms with Gasteiger partial charge in [0.1, 0.15) is 18.2 Å². The van der Waals surface area contributed by atoms with Gasteiger partial charge >= 0.3 is 5.97 Å². The van der Waals surface area contributed by atoms with Gasteiger partial charge in [-0.3, -0.25) is 4.79 Å². The molecule has 0 aliphatic heterocycles. The van der Waals surface area contributed by atoms with Crippen LogP contribution in [0.3, 0.4) is 0 Å². The summed E-state index contributed by atoms with van der Waals surface area (Å²) in [5.74, 6) is -0.0309. The second-order valence-corrected chi connectivity index (χ2v) is 4.28. The average Bonchev–Trinajstić information content (AvgIpc) is 2.47. The van der Waals surface area contributed by atoms with Crippen LogP contribution < -0.4 is 4.74 Å². The molecular formula is C16H15FO3. The molecule has 3 nitrogen and oxygen atoms in total. The number of carbonyl (C=O) groups is 1. The molecule has 0 saturated heterocycles. The fraction of sp³-hybridized carbons (Fsp3) is 0.188. The van der Waals surface area contributed by atoms with Crippen molar-refractivity contribution in [2.75, 3.05) is 7.11 Å². The van der Waals surface area contributed by atoms with Crippen molar-refractivity contribution < 1.29 is 18.7 Å². The van der Waals surface area contributed by atoms with Gasteiger partial charge in [-0.15, -0.1) is 0 Å². The van der Waals surface area contributed by atoms with E-state index in [1.54, 1.807) is 49.6 Å². The predicted molar refractivity (Wildman–Crippen MR) is 72.9 cm³/mol. The standard InChI is InChI=1S/C16H15FO3/c1-19-14-8-6-12(7-9-14)10-16(18)20-11-13-4-2-3-5-15(13)17/h2-9H,10-11H2,1H3. The molecule has 2 aromatic carbocycles. The SMILES string of the molecule is COc1ccc(CC(=O)OCc2ccccc2F)cc1. The van der Waals surface area contributed by atoms with Crippen LogP contribution in [0, 0.1) is 5.82 Å². The van der Waals surface area contributed by atoms with Gasteiger partial charge < -0.3 is 9.47 Å². The summed E-state index contributed by atoms with van der Waals surface area (Å²) in [6.45, 7) is -0.0539. The number of methoxy groups -OCH3 is 1. The van der Waals surface area contributed by atoms with E-state index >= 15 is 0 Å². The maximum atomic E-state index is 13.3. The van der Waals surface area contributed by atoms with Gasteiger partial charge in [0.25, 0.3) is 0 Å². The highest BCUT2D eigenvalue weighted by atomic mass is 19.1. The van der Waals surface area contributed by atoms with Crippen LogP contribution in [-0.2, 0) is 22.6 Å². The first-order chi connectivity index (χ1) is 9.69. The molecule has 0 saturated carbocycles. The molecule has 0 N–H and O–H groups in total. The molecule has 0 aliphatic rings. The summed E-state index contributed by atoms with van der Waals surface area (Å²) in [7, 11) is 1.58.